The Morgan fingerprint density at radius 1 is 1.00 bits per heavy atom. The van der Waals surface area contributed by atoms with Crippen LogP contribution in [0.2, 0.25) is 0 Å². The van der Waals surface area contributed by atoms with Gasteiger partial charge in [-0.05, 0) is 41.5 Å². The Kier molecular flexibility index (Phi) is 2.68. The Hall–Kier alpha value is -2.75. The average molecular weight is 253 g/mol. The molecule has 0 unspecified atom stereocenters. The molecule has 0 radical (unpaired) electrons. The molecule has 0 bridgehead atoms. The van der Waals surface area contributed by atoms with Crippen LogP contribution in [0.25, 0.3) is 22.1 Å². The van der Waals surface area contributed by atoms with Crippen LogP contribution in [-0.4, -0.2) is 16.5 Å². The van der Waals surface area contributed by atoms with E-state index in [0.29, 0.717) is 11.1 Å². The number of nitrogens with zero attached hydrogens (tertiary/aromatic N) is 1. The molecule has 1 aromatic heterocycles. The van der Waals surface area contributed by atoms with Gasteiger partial charge in [0, 0.05) is 10.9 Å². The van der Waals surface area contributed by atoms with Crippen LogP contribution in [0.3, 0.4) is 0 Å². The molecule has 19 heavy (non-hydrogen) atoms. The molecule has 4 nitrogen and oxygen atoms in total. The van der Waals surface area contributed by atoms with Gasteiger partial charge in [-0.3, -0.25) is 0 Å². The van der Waals surface area contributed by atoms with Gasteiger partial charge in [-0.15, -0.1) is 0 Å². The smallest absolute Gasteiger partial charge is 0.142 e. The highest BCUT2D eigenvalue weighted by Crippen LogP contribution is 2.28. The maximum atomic E-state index is 9.31. The molecule has 0 fully saturated rings. The van der Waals surface area contributed by atoms with Gasteiger partial charge in [0.05, 0.1) is 12.5 Å². The van der Waals surface area contributed by atoms with Crippen molar-refractivity contribution in [1.29, 1.82) is 0 Å². The summed E-state index contributed by atoms with van der Waals surface area (Å²) < 4.78 is 5.37. The van der Waals surface area contributed by atoms with Gasteiger partial charge in [0.25, 0.3) is 0 Å². The van der Waals surface area contributed by atoms with E-state index in [1.807, 2.05) is 30.3 Å². The molecular formula is C15H11NO3. The SMILES string of the molecule is O/N=C/c1cc(-c2ccc(O)cc2)cc2ccoc12. The average Bonchev–Trinajstić information content (AvgIpc) is 2.88. The summed E-state index contributed by atoms with van der Waals surface area (Å²) in [6.07, 6.45) is 2.94. The van der Waals surface area contributed by atoms with Crippen molar-refractivity contribution in [1.82, 2.24) is 0 Å². The van der Waals surface area contributed by atoms with Crippen molar-refractivity contribution in [3.63, 3.8) is 0 Å². The Morgan fingerprint density at radius 2 is 1.79 bits per heavy atom. The van der Waals surface area contributed by atoms with Crippen molar-refractivity contribution in [2.75, 3.05) is 0 Å². The molecular weight excluding hydrogens is 242 g/mol. The summed E-state index contributed by atoms with van der Waals surface area (Å²) in [5.74, 6) is 0.227. The molecule has 0 aliphatic carbocycles. The van der Waals surface area contributed by atoms with Gasteiger partial charge in [-0.2, -0.15) is 0 Å². The third kappa shape index (κ3) is 2.04. The summed E-state index contributed by atoms with van der Waals surface area (Å²) in [6, 6.07) is 12.6. The molecule has 0 saturated heterocycles. The van der Waals surface area contributed by atoms with Crippen LogP contribution in [-0.2, 0) is 0 Å². The first-order valence-corrected chi connectivity index (χ1v) is 5.76. The largest absolute Gasteiger partial charge is 0.508 e. The number of oxime groups is 1. The Labute approximate surface area is 109 Å². The number of phenolic OH excluding ortho intramolecular Hbond substituents is 1. The number of hydrogen-bond donors (Lipinski definition) is 2. The van der Waals surface area contributed by atoms with Crippen molar-refractivity contribution in [2.24, 2.45) is 5.16 Å². The third-order valence-electron chi connectivity index (χ3n) is 2.98. The van der Waals surface area contributed by atoms with E-state index in [9.17, 15) is 5.11 Å². The fourth-order valence-corrected chi connectivity index (χ4v) is 2.09. The van der Waals surface area contributed by atoms with Crippen LogP contribution < -0.4 is 0 Å². The van der Waals surface area contributed by atoms with Crippen molar-refractivity contribution >= 4 is 17.2 Å². The molecule has 0 spiro atoms. The normalized spacial score (nSPS) is 11.4. The molecule has 0 saturated carbocycles. The predicted octanol–water partition coefficient (Wildman–Crippen LogP) is 3.61. The first kappa shape index (κ1) is 11.3. The second-order valence-corrected chi connectivity index (χ2v) is 4.20. The number of furan rings is 1. The standard InChI is InChI=1S/C15H11NO3/c17-14-3-1-10(2-4-14)12-7-11-5-6-19-15(11)13(8-12)9-16-18/h1-9,17-18H/b16-9+. The zero-order valence-corrected chi connectivity index (χ0v) is 9.95. The minimum atomic E-state index is 0.227. The number of phenols is 1. The third-order valence-corrected chi connectivity index (χ3v) is 2.98. The number of fused-ring (bicyclic) bond motifs is 1. The van der Waals surface area contributed by atoms with Gasteiger partial charge in [-0.1, -0.05) is 17.3 Å². The highest BCUT2D eigenvalue weighted by atomic mass is 16.4. The van der Waals surface area contributed by atoms with Crippen LogP contribution >= 0.6 is 0 Å². The lowest BCUT2D eigenvalue weighted by atomic mass is 10.0. The van der Waals surface area contributed by atoms with Crippen LogP contribution in [0.4, 0.5) is 0 Å². The van der Waals surface area contributed by atoms with E-state index in [1.54, 1.807) is 18.4 Å². The maximum absolute atomic E-state index is 9.31. The summed E-state index contributed by atoms with van der Waals surface area (Å²) >= 11 is 0. The van der Waals surface area contributed by atoms with E-state index in [2.05, 4.69) is 5.16 Å². The van der Waals surface area contributed by atoms with Gasteiger partial charge in [-0.25, -0.2) is 0 Å². The van der Waals surface area contributed by atoms with E-state index in [-0.39, 0.29) is 5.75 Å². The summed E-state index contributed by atoms with van der Waals surface area (Å²) in [5.41, 5.74) is 3.31. The second-order valence-electron chi connectivity index (χ2n) is 4.20. The monoisotopic (exact) mass is 253 g/mol. The maximum Gasteiger partial charge on any atom is 0.142 e. The van der Waals surface area contributed by atoms with Gasteiger partial charge in [0.2, 0.25) is 0 Å². The fourth-order valence-electron chi connectivity index (χ4n) is 2.09. The fraction of sp³-hybridized carbons (Fsp3) is 0. The van der Waals surface area contributed by atoms with Crippen molar-refractivity contribution < 1.29 is 14.7 Å². The minimum Gasteiger partial charge on any atom is -0.508 e. The van der Waals surface area contributed by atoms with E-state index in [0.717, 1.165) is 16.5 Å². The lowest BCUT2D eigenvalue weighted by Gasteiger charge is -2.04. The van der Waals surface area contributed by atoms with E-state index < -0.39 is 0 Å². The topological polar surface area (TPSA) is 66.0 Å². The highest BCUT2D eigenvalue weighted by molar-refractivity contribution is 5.99. The number of benzene rings is 2. The molecule has 0 atom stereocenters. The van der Waals surface area contributed by atoms with Crippen molar-refractivity contribution in [2.45, 2.75) is 0 Å². The molecule has 0 aliphatic heterocycles. The zero-order chi connectivity index (χ0) is 13.2. The summed E-state index contributed by atoms with van der Waals surface area (Å²) in [4.78, 5) is 0. The molecule has 2 N–H and O–H groups in total. The van der Waals surface area contributed by atoms with E-state index in [4.69, 9.17) is 9.62 Å². The minimum absolute atomic E-state index is 0.227. The second kappa shape index (κ2) is 4.49. The Bertz CT molecular complexity index is 742. The molecule has 1 heterocycles. The molecule has 2 aromatic carbocycles. The van der Waals surface area contributed by atoms with E-state index >= 15 is 0 Å². The lowest BCUT2D eigenvalue weighted by Crippen LogP contribution is -1.85. The zero-order valence-electron chi connectivity index (χ0n) is 9.95. The van der Waals surface area contributed by atoms with Crippen LogP contribution in [0.5, 0.6) is 5.75 Å². The number of hydrogen-bond acceptors (Lipinski definition) is 4. The number of aromatic hydroxyl groups is 1. The molecule has 0 aliphatic rings. The van der Waals surface area contributed by atoms with Gasteiger partial charge in [0.1, 0.15) is 11.3 Å². The summed E-state index contributed by atoms with van der Waals surface area (Å²) in [6.45, 7) is 0. The Balaban J connectivity index is 2.21. The quantitative estimate of drug-likeness (QED) is 0.416. The first-order valence-electron chi connectivity index (χ1n) is 5.76. The highest BCUT2D eigenvalue weighted by Gasteiger charge is 2.07. The molecule has 3 rings (SSSR count). The van der Waals surface area contributed by atoms with Crippen LogP contribution in [0.1, 0.15) is 5.56 Å². The molecule has 94 valence electrons. The predicted molar refractivity (Wildman–Crippen MR) is 72.7 cm³/mol. The summed E-state index contributed by atoms with van der Waals surface area (Å²) in [5, 5.41) is 22.0. The van der Waals surface area contributed by atoms with Crippen molar-refractivity contribution in [3.05, 3.63) is 54.3 Å². The lowest BCUT2D eigenvalue weighted by molar-refractivity contribution is 0.322. The van der Waals surface area contributed by atoms with E-state index in [1.165, 1.54) is 6.21 Å². The van der Waals surface area contributed by atoms with Gasteiger partial charge in [0.15, 0.2) is 0 Å². The van der Waals surface area contributed by atoms with Gasteiger partial charge < -0.3 is 14.7 Å². The van der Waals surface area contributed by atoms with Crippen LogP contribution in [0, 0.1) is 0 Å². The van der Waals surface area contributed by atoms with Gasteiger partial charge >= 0.3 is 0 Å². The number of rotatable bonds is 2. The molecule has 3 aromatic rings. The molecule has 0 amide bonds. The summed E-state index contributed by atoms with van der Waals surface area (Å²) in [7, 11) is 0. The van der Waals surface area contributed by atoms with Crippen molar-refractivity contribution in [3.8, 4) is 16.9 Å². The molecule has 4 heteroatoms. The van der Waals surface area contributed by atoms with Crippen LogP contribution in [0.15, 0.2) is 58.3 Å². The Morgan fingerprint density at radius 3 is 2.53 bits per heavy atom. The first-order chi connectivity index (χ1) is 9.28.